The van der Waals surface area contributed by atoms with Crippen LogP contribution < -0.4 is 5.32 Å². The third-order valence-corrected chi connectivity index (χ3v) is 4.58. The molecule has 1 atom stereocenters. The smallest absolute Gasteiger partial charge is 0.230 e. The maximum absolute atomic E-state index is 12.1. The van der Waals surface area contributed by atoms with E-state index in [0.29, 0.717) is 5.75 Å². The lowest BCUT2D eigenvalue weighted by atomic mass is 10.0. The van der Waals surface area contributed by atoms with Crippen molar-refractivity contribution in [2.45, 2.75) is 25.1 Å². The Balaban J connectivity index is 1.80. The predicted molar refractivity (Wildman–Crippen MR) is 95.2 cm³/mol. The number of nitrogens with one attached hydrogen (secondary N) is 1. The maximum Gasteiger partial charge on any atom is 0.230 e. The second kappa shape index (κ2) is 8.86. The molecule has 116 valence electrons. The van der Waals surface area contributed by atoms with Crippen LogP contribution in [0.3, 0.4) is 0 Å². The van der Waals surface area contributed by atoms with Gasteiger partial charge in [0.2, 0.25) is 5.91 Å². The summed E-state index contributed by atoms with van der Waals surface area (Å²) in [4.78, 5) is 12.1. The van der Waals surface area contributed by atoms with Crippen LogP contribution >= 0.6 is 23.4 Å². The van der Waals surface area contributed by atoms with Crippen LogP contribution in [0.15, 0.2) is 54.6 Å². The van der Waals surface area contributed by atoms with Crippen LogP contribution in [-0.2, 0) is 10.5 Å². The molecular formula is C18H20ClNOS. The van der Waals surface area contributed by atoms with Crippen molar-refractivity contribution >= 4 is 29.3 Å². The van der Waals surface area contributed by atoms with Gasteiger partial charge in [-0.25, -0.2) is 0 Å². The molecule has 0 bridgehead atoms. The third kappa shape index (κ3) is 5.39. The molecule has 0 aliphatic heterocycles. The largest absolute Gasteiger partial charge is 0.349 e. The van der Waals surface area contributed by atoms with Crippen LogP contribution in [-0.4, -0.2) is 11.7 Å². The molecule has 0 unspecified atom stereocenters. The van der Waals surface area contributed by atoms with Gasteiger partial charge in [-0.3, -0.25) is 4.79 Å². The lowest BCUT2D eigenvalue weighted by molar-refractivity contribution is -0.119. The van der Waals surface area contributed by atoms with Crippen molar-refractivity contribution in [3.8, 4) is 0 Å². The molecule has 1 N–H and O–H groups in total. The van der Waals surface area contributed by atoms with E-state index >= 15 is 0 Å². The highest BCUT2D eigenvalue weighted by atomic mass is 35.5. The van der Waals surface area contributed by atoms with Gasteiger partial charge < -0.3 is 5.32 Å². The van der Waals surface area contributed by atoms with E-state index in [4.69, 9.17) is 11.6 Å². The Morgan fingerprint density at radius 2 is 1.95 bits per heavy atom. The summed E-state index contributed by atoms with van der Waals surface area (Å²) in [5.41, 5.74) is 2.29. The molecule has 0 fully saturated rings. The van der Waals surface area contributed by atoms with Crippen molar-refractivity contribution in [3.05, 3.63) is 70.7 Å². The number of thioether (sulfide) groups is 1. The van der Waals surface area contributed by atoms with Crippen molar-refractivity contribution < 1.29 is 4.79 Å². The van der Waals surface area contributed by atoms with Gasteiger partial charge in [-0.05, 0) is 29.7 Å². The van der Waals surface area contributed by atoms with E-state index < -0.39 is 0 Å². The van der Waals surface area contributed by atoms with E-state index in [2.05, 4.69) is 12.2 Å². The number of carbonyl (C=O) groups is 1. The van der Waals surface area contributed by atoms with Gasteiger partial charge in [0.1, 0.15) is 0 Å². The van der Waals surface area contributed by atoms with Crippen LogP contribution in [0.5, 0.6) is 0 Å². The first kappa shape index (κ1) is 16.9. The Bertz CT molecular complexity index is 603. The van der Waals surface area contributed by atoms with E-state index in [1.807, 2.05) is 54.6 Å². The van der Waals surface area contributed by atoms with Gasteiger partial charge in [0.15, 0.2) is 0 Å². The fourth-order valence-corrected chi connectivity index (χ4v) is 3.23. The average molecular weight is 334 g/mol. The highest BCUT2D eigenvalue weighted by molar-refractivity contribution is 7.99. The van der Waals surface area contributed by atoms with Crippen molar-refractivity contribution in [2.75, 3.05) is 5.75 Å². The van der Waals surface area contributed by atoms with E-state index in [-0.39, 0.29) is 11.9 Å². The highest BCUT2D eigenvalue weighted by Crippen LogP contribution is 2.18. The minimum atomic E-state index is 0.0720. The molecule has 2 rings (SSSR count). The molecule has 2 aromatic rings. The number of benzene rings is 2. The summed E-state index contributed by atoms with van der Waals surface area (Å²) >= 11 is 7.55. The molecular weight excluding hydrogens is 314 g/mol. The third-order valence-electron chi connectivity index (χ3n) is 3.34. The van der Waals surface area contributed by atoms with Crippen LogP contribution in [0.4, 0.5) is 0 Å². The molecule has 2 nitrogen and oxygen atoms in total. The van der Waals surface area contributed by atoms with E-state index in [1.54, 1.807) is 11.8 Å². The Morgan fingerprint density at radius 3 is 2.64 bits per heavy atom. The molecule has 0 aromatic heterocycles. The zero-order chi connectivity index (χ0) is 15.8. The van der Waals surface area contributed by atoms with Crippen molar-refractivity contribution in [2.24, 2.45) is 0 Å². The normalized spacial score (nSPS) is 11.9. The van der Waals surface area contributed by atoms with Crippen LogP contribution in [0.2, 0.25) is 5.02 Å². The molecule has 1 amide bonds. The summed E-state index contributed by atoms with van der Waals surface area (Å²) < 4.78 is 0. The zero-order valence-electron chi connectivity index (χ0n) is 12.6. The fraction of sp³-hybridized carbons (Fsp3) is 0.278. The quantitative estimate of drug-likeness (QED) is 0.785. The van der Waals surface area contributed by atoms with Crippen molar-refractivity contribution in [1.29, 1.82) is 0 Å². The van der Waals surface area contributed by atoms with Gasteiger partial charge >= 0.3 is 0 Å². The Hall–Kier alpha value is -1.45. The maximum atomic E-state index is 12.1. The zero-order valence-corrected chi connectivity index (χ0v) is 14.2. The molecule has 0 spiro atoms. The molecule has 0 saturated carbocycles. The number of hydrogen-bond acceptors (Lipinski definition) is 2. The first-order valence-electron chi connectivity index (χ1n) is 7.35. The summed E-state index contributed by atoms with van der Waals surface area (Å²) in [6.45, 7) is 2.08. The van der Waals surface area contributed by atoms with E-state index in [0.717, 1.165) is 28.3 Å². The Labute approximate surface area is 141 Å². The number of hydrogen-bond donors (Lipinski definition) is 1. The van der Waals surface area contributed by atoms with Crippen LogP contribution in [0.25, 0.3) is 0 Å². The van der Waals surface area contributed by atoms with Crippen molar-refractivity contribution in [1.82, 2.24) is 5.32 Å². The van der Waals surface area contributed by atoms with Gasteiger partial charge in [-0.1, -0.05) is 61.0 Å². The molecule has 0 aliphatic carbocycles. The summed E-state index contributed by atoms with van der Waals surface area (Å²) in [6.07, 6.45) is 0.884. The Kier molecular flexibility index (Phi) is 6.81. The first-order chi connectivity index (χ1) is 10.7. The van der Waals surface area contributed by atoms with E-state index in [1.165, 1.54) is 0 Å². The summed E-state index contributed by atoms with van der Waals surface area (Å²) in [5.74, 6) is 1.31. The lowest BCUT2D eigenvalue weighted by Gasteiger charge is -2.17. The Morgan fingerprint density at radius 1 is 1.18 bits per heavy atom. The molecule has 4 heteroatoms. The molecule has 0 radical (unpaired) electrons. The summed E-state index contributed by atoms with van der Waals surface area (Å²) in [5, 5.41) is 3.83. The molecule has 2 aromatic carbocycles. The second-order valence-electron chi connectivity index (χ2n) is 5.06. The van der Waals surface area contributed by atoms with E-state index in [9.17, 15) is 4.79 Å². The molecule has 0 aliphatic rings. The first-order valence-corrected chi connectivity index (χ1v) is 8.88. The SMILES string of the molecule is CC[C@H](NC(=O)CSCc1cccc(Cl)c1)c1ccccc1. The summed E-state index contributed by atoms with van der Waals surface area (Å²) in [6, 6.07) is 17.9. The molecule has 0 heterocycles. The highest BCUT2D eigenvalue weighted by Gasteiger charge is 2.12. The average Bonchev–Trinajstić information content (AvgIpc) is 2.53. The monoisotopic (exact) mass is 333 g/mol. The lowest BCUT2D eigenvalue weighted by Crippen LogP contribution is -2.29. The van der Waals surface area contributed by atoms with Gasteiger partial charge in [0.05, 0.1) is 11.8 Å². The number of amides is 1. The number of carbonyl (C=O) groups excluding carboxylic acids is 1. The fourth-order valence-electron chi connectivity index (χ4n) is 2.23. The second-order valence-corrected chi connectivity index (χ2v) is 6.48. The predicted octanol–water partition coefficient (Wildman–Crippen LogP) is 4.84. The van der Waals surface area contributed by atoms with Gasteiger partial charge in [0, 0.05) is 10.8 Å². The van der Waals surface area contributed by atoms with Crippen LogP contribution in [0.1, 0.15) is 30.5 Å². The van der Waals surface area contributed by atoms with Crippen LogP contribution in [0, 0.1) is 0 Å². The number of rotatable bonds is 7. The number of halogens is 1. The van der Waals surface area contributed by atoms with Gasteiger partial charge in [-0.15, -0.1) is 11.8 Å². The minimum Gasteiger partial charge on any atom is -0.349 e. The minimum absolute atomic E-state index is 0.0720. The van der Waals surface area contributed by atoms with Crippen molar-refractivity contribution in [3.63, 3.8) is 0 Å². The van der Waals surface area contributed by atoms with Gasteiger partial charge in [0.25, 0.3) is 0 Å². The summed E-state index contributed by atoms with van der Waals surface area (Å²) in [7, 11) is 0. The topological polar surface area (TPSA) is 29.1 Å². The molecule has 0 saturated heterocycles. The van der Waals surface area contributed by atoms with Gasteiger partial charge in [-0.2, -0.15) is 0 Å². The standard InChI is InChI=1S/C18H20ClNOS/c1-2-17(15-8-4-3-5-9-15)20-18(21)13-22-12-14-7-6-10-16(19)11-14/h3-11,17H,2,12-13H2,1H3,(H,20,21)/t17-/m0/s1. The molecule has 22 heavy (non-hydrogen) atoms.